The van der Waals surface area contributed by atoms with Gasteiger partial charge in [-0.05, 0) is 31.9 Å². The second-order valence-electron chi connectivity index (χ2n) is 6.61. The van der Waals surface area contributed by atoms with Gasteiger partial charge in [0, 0.05) is 37.3 Å². The van der Waals surface area contributed by atoms with Crippen molar-refractivity contribution in [2.45, 2.75) is 37.6 Å². The van der Waals surface area contributed by atoms with Crippen molar-refractivity contribution in [3.63, 3.8) is 0 Å². The topological polar surface area (TPSA) is 96.7 Å². The Labute approximate surface area is 162 Å². The van der Waals surface area contributed by atoms with Crippen LogP contribution < -0.4 is 4.90 Å². The molecule has 8 nitrogen and oxygen atoms in total. The Kier molecular flexibility index (Phi) is 5.78. The molecule has 146 valence electrons. The van der Waals surface area contributed by atoms with Gasteiger partial charge in [-0.2, -0.15) is 4.31 Å². The fraction of sp³-hybridized carbons (Fsp3) is 0.471. The lowest BCUT2D eigenvalue weighted by atomic mass is 10.2. The van der Waals surface area contributed by atoms with Crippen LogP contribution in [0.5, 0.6) is 0 Å². The molecule has 1 saturated heterocycles. The van der Waals surface area contributed by atoms with E-state index in [0.29, 0.717) is 25.3 Å². The quantitative estimate of drug-likeness (QED) is 0.536. The van der Waals surface area contributed by atoms with E-state index in [0.717, 1.165) is 30.0 Å². The first kappa shape index (κ1) is 19.7. The van der Waals surface area contributed by atoms with Gasteiger partial charge < -0.3 is 4.90 Å². The number of aryl methyl sites for hydroxylation is 1. The molecule has 1 aromatic heterocycles. The zero-order chi connectivity index (χ0) is 19.6. The van der Waals surface area contributed by atoms with Crippen molar-refractivity contribution in [2.75, 3.05) is 25.0 Å². The molecule has 0 N–H and O–H groups in total. The predicted molar refractivity (Wildman–Crippen MR) is 105 cm³/mol. The molecule has 2 heterocycles. The maximum absolute atomic E-state index is 12.8. The van der Waals surface area contributed by atoms with E-state index in [4.69, 9.17) is 0 Å². The normalized spacial score (nSPS) is 15.6. The highest BCUT2D eigenvalue weighted by molar-refractivity contribution is 7.89. The van der Waals surface area contributed by atoms with Crippen molar-refractivity contribution in [2.24, 2.45) is 0 Å². The number of hydrogen-bond donors (Lipinski definition) is 0. The lowest BCUT2D eigenvalue weighted by Gasteiger charge is -2.26. The summed E-state index contributed by atoms with van der Waals surface area (Å²) in [5.41, 5.74) is 1.05. The highest BCUT2D eigenvalue weighted by atomic mass is 32.2. The van der Waals surface area contributed by atoms with Crippen molar-refractivity contribution in [3.05, 3.63) is 44.4 Å². The lowest BCUT2D eigenvalue weighted by molar-refractivity contribution is -0.384. The van der Waals surface area contributed by atoms with Crippen LogP contribution in [0.2, 0.25) is 0 Å². The van der Waals surface area contributed by atoms with Crippen molar-refractivity contribution in [3.8, 4) is 0 Å². The molecule has 0 bridgehead atoms. The third-order valence-corrected chi connectivity index (χ3v) is 7.39. The predicted octanol–water partition coefficient (Wildman–Crippen LogP) is 3.17. The van der Waals surface area contributed by atoms with Crippen LogP contribution in [-0.2, 0) is 16.6 Å². The minimum Gasteiger partial charge on any atom is -0.362 e. The van der Waals surface area contributed by atoms with Gasteiger partial charge in [0.2, 0.25) is 10.0 Å². The highest BCUT2D eigenvalue weighted by Crippen LogP contribution is 2.32. The summed E-state index contributed by atoms with van der Waals surface area (Å²) in [6.45, 7) is 3.22. The molecule has 0 radical (unpaired) electrons. The number of nitro benzene ring substituents is 1. The molecule has 0 spiro atoms. The van der Waals surface area contributed by atoms with Gasteiger partial charge in [-0.15, -0.1) is 11.3 Å². The zero-order valence-electron chi connectivity index (χ0n) is 15.3. The van der Waals surface area contributed by atoms with Crippen LogP contribution in [0.15, 0.2) is 28.5 Å². The molecular formula is C17H22N4O4S2. The summed E-state index contributed by atoms with van der Waals surface area (Å²) < 4.78 is 27.1. The monoisotopic (exact) mass is 410 g/mol. The number of nitrogens with zero attached hydrogens (tertiary/aromatic N) is 4. The number of benzene rings is 1. The average Bonchev–Trinajstić information content (AvgIpc) is 3.06. The molecule has 0 amide bonds. The van der Waals surface area contributed by atoms with E-state index in [9.17, 15) is 18.5 Å². The summed E-state index contributed by atoms with van der Waals surface area (Å²) in [5.74, 6) is 0. The summed E-state index contributed by atoms with van der Waals surface area (Å²) in [6, 6.07) is 4.13. The fourth-order valence-corrected chi connectivity index (χ4v) is 5.51. The molecule has 0 aliphatic carbocycles. The van der Waals surface area contributed by atoms with Gasteiger partial charge in [0.25, 0.3) is 5.69 Å². The number of nitro groups is 1. The zero-order valence-corrected chi connectivity index (χ0v) is 16.9. The largest absolute Gasteiger partial charge is 0.362 e. The molecule has 0 saturated carbocycles. The minimum atomic E-state index is -3.72. The first-order valence-corrected chi connectivity index (χ1v) is 11.0. The Balaban J connectivity index is 1.91. The number of sulfonamides is 1. The highest BCUT2D eigenvalue weighted by Gasteiger charge is 2.29. The van der Waals surface area contributed by atoms with E-state index in [-0.39, 0.29) is 10.6 Å². The molecule has 1 fully saturated rings. The van der Waals surface area contributed by atoms with Crippen LogP contribution >= 0.6 is 11.3 Å². The smallest absolute Gasteiger partial charge is 0.293 e. The van der Waals surface area contributed by atoms with Gasteiger partial charge in [-0.25, -0.2) is 13.4 Å². The van der Waals surface area contributed by atoms with Gasteiger partial charge in [-0.1, -0.05) is 6.42 Å². The number of thiazole rings is 1. The molecule has 1 aliphatic rings. The molecule has 1 aromatic carbocycles. The van der Waals surface area contributed by atoms with E-state index in [1.165, 1.54) is 33.8 Å². The molecule has 0 unspecified atom stereocenters. The first-order valence-electron chi connectivity index (χ1n) is 8.70. The third-order valence-electron chi connectivity index (χ3n) is 4.55. The molecular weight excluding hydrogens is 388 g/mol. The Hall–Kier alpha value is -2.04. The van der Waals surface area contributed by atoms with Crippen LogP contribution in [0.1, 0.15) is 30.0 Å². The number of piperidine rings is 1. The van der Waals surface area contributed by atoms with E-state index in [1.807, 2.05) is 12.3 Å². The molecule has 27 heavy (non-hydrogen) atoms. The van der Waals surface area contributed by atoms with Gasteiger partial charge >= 0.3 is 0 Å². The van der Waals surface area contributed by atoms with Crippen LogP contribution in [0.25, 0.3) is 0 Å². The summed E-state index contributed by atoms with van der Waals surface area (Å²) in [4.78, 5) is 17.1. The molecule has 2 aromatic rings. The summed E-state index contributed by atoms with van der Waals surface area (Å²) in [5, 5.41) is 14.4. The second-order valence-corrected chi connectivity index (χ2v) is 9.49. The fourth-order valence-electron chi connectivity index (χ4n) is 3.15. The van der Waals surface area contributed by atoms with Crippen molar-refractivity contribution >= 4 is 32.7 Å². The van der Waals surface area contributed by atoms with Gasteiger partial charge in [0.05, 0.1) is 16.4 Å². The Bertz CT molecular complexity index is 936. The van der Waals surface area contributed by atoms with E-state index < -0.39 is 14.9 Å². The molecule has 3 rings (SSSR count). The van der Waals surface area contributed by atoms with E-state index in [1.54, 1.807) is 11.9 Å². The average molecular weight is 411 g/mol. The summed E-state index contributed by atoms with van der Waals surface area (Å²) in [6.07, 6.45) is 2.64. The second kappa shape index (κ2) is 7.91. The van der Waals surface area contributed by atoms with Crippen molar-refractivity contribution in [1.29, 1.82) is 0 Å². The standard InChI is InChI=1S/C17H22N4O4S2/c1-13-12-26-17(18-13)11-19(2)15-7-6-14(10-16(15)21(22)23)27(24,25)20-8-4-3-5-9-20/h6-7,10,12H,3-5,8-9,11H2,1-2H3. The minimum absolute atomic E-state index is 0.0293. The van der Waals surface area contributed by atoms with Gasteiger partial charge in [0.1, 0.15) is 10.7 Å². The van der Waals surface area contributed by atoms with Crippen LogP contribution in [-0.4, -0.2) is 42.8 Å². The number of hydrogen-bond acceptors (Lipinski definition) is 7. The molecule has 0 atom stereocenters. The van der Waals surface area contributed by atoms with Crippen molar-refractivity contribution in [1.82, 2.24) is 9.29 Å². The molecule has 1 aliphatic heterocycles. The lowest BCUT2D eigenvalue weighted by Crippen LogP contribution is -2.35. The van der Waals surface area contributed by atoms with Gasteiger partial charge in [0.15, 0.2) is 0 Å². The Morgan fingerprint density at radius 3 is 2.59 bits per heavy atom. The maximum atomic E-state index is 12.8. The SMILES string of the molecule is Cc1csc(CN(C)c2ccc(S(=O)(=O)N3CCCCC3)cc2[N+](=O)[O-])n1. The first-order chi connectivity index (χ1) is 12.8. The Morgan fingerprint density at radius 2 is 2.00 bits per heavy atom. The molecule has 10 heteroatoms. The van der Waals surface area contributed by atoms with Crippen LogP contribution in [0, 0.1) is 17.0 Å². The van der Waals surface area contributed by atoms with E-state index in [2.05, 4.69) is 4.98 Å². The number of rotatable bonds is 6. The number of aromatic nitrogens is 1. The van der Waals surface area contributed by atoms with Crippen molar-refractivity contribution < 1.29 is 13.3 Å². The Morgan fingerprint density at radius 1 is 1.30 bits per heavy atom. The summed E-state index contributed by atoms with van der Waals surface area (Å²) in [7, 11) is -1.98. The van der Waals surface area contributed by atoms with Gasteiger partial charge in [-0.3, -0.25) is 10.1 Å². The number of anilines is 1. The maximum Gasteiger partial charge on any atom is 0.293 e. The summed E-state index contributed by atoms with van der Waals surface area (Å²) >= 11 is 1.49. The third kappa shape index (κ3) is 4.28. The van der Waals surface area contributed by atoms with Crippen LogP contribution in [0.3, 0.4) is 0 Å². The van der Waals surface area contributed by atoms with Crippen LogP contribution in [0.4, 0.5) is 11.4 Å². The van der Waals surface area contributed by atoms with E-state index >= 15 is 0 Å².